The van der Waals surface area contributed by atoms with Crippen LogP contribution in [-0.2, 0) is 6.42 Å². The summed E-state index contributed by atoms with van der Waals surface area (Å²) in [4.78, 5) is 5.68. The standard InChI is InChI=1S/C18H18N2OS.C4H8/c1-20-11-12-22-17(20)8-4-7-16-19-18-14-6-3-2-5-13(14)9-10-15(18)21-16;1-3-4-2/h3-4,6-10H,2,5,11-12H2,1H3;3-4H,1-2H3/p+1/b7-4+,17-8-;4-3-. The van der Waals surface area contributed by atoms with Crippen molar-refractivity contribution in [3.05, 3.63) is 64.6 Å². The Morgan fingerprint density at radius 3 is 2.81 bits per heavy atom. The number of thioether (sulfide) groups is 1. The van der Waals surface area contributed by atoms with Crippen LogP contribution in [0.5, 0.6) is 0 Å². The smallest absolute Gasteiger partial charge is 0.372 e. The lowest BCUT2D eigenvalue weighted by Crippen LogP contribution is -2.10. The second-order valence-corrected chi connectivity index (χ2v) is 7.46. The van der Waals surface area contributed by atoms with Gasteiger partial charge in [0.2, 0.25) is 5.58 Å². The highest BCUT2D eigenvalue weighted by Crippen LogP contribution is 2.27. The highest BCUT2D eigenvalue weighted by Gasteiger charge is 2.18. The van der Waals surface area contributed by atoms with Gasteiger partial charge in [-0.05, 0) is 50.5 Å². The van der Waals surface area contributed by atoms with Crippen molar-refractivity contribution in [3.8, 4) is 0 Å². The number of aromatic nitrogens is 1. The molecule has 0 saturated carbocycles. The SMILES string of the molecule is C/C=C\C.CN1CCS/C1=C\C=C\c1[nH+]c2c3c(ccc2o1)CCC=C3. The lowest BCUT2D eigenvalue weighted by atomic mass is 9.96. The molecule has 0 unspecified atom stereocenters. The summed E-state index contributed by atoms with van der Waals surface area (Å²) in [6.07, 6.45) is 16.9. The van der Waals surface area contributed by atoms with Crippen LogP contribution in [-0.4, -0.2) is 24.2 Å². The van der Waals surface area contributed by atoms with E-state index in [1.807, 2.05) is 43.8 Å². The van der Waals surface area contributed by atoms with Crippen molar-refractivity contribution in [3.63, 3.8) is 0 Å². The van der Waals surface area contributed by atoms with Crippen molar-refractivity contribution >= 4 is 35.0 Å². The molecule has 1 saturated heterocycles. The molecule has 3 nitrogen and oxygen atoms in total. The molecule has 4 rings (SSSR count). The number of H-pyrrole nitrogens is 1. The second kappa shape index (κ2) is 8.95. The Morgan fingerprint density at radius 2 is 2.08 bits per heavy atom. The number of oxazole rings is 1. The fraction of sp³-hybridized carbons (Fsp3) is 0.318. The van der Waals surface area contributed by atoms with Crippen LogP contribution >= 0.6 is 11.8 Å². The van der Waals surface area contributed by atoms with Crippen LogP contribution in [0.25, 0.3) is 23.3 Å². The van der Waals surface area contributed by atoms with Gasteiger partial charge in [0, 0.05) is 19.3 Å². The number of allylic oxidation sites excluding steroid dienone is 5. The lowest BCUT2D eigenvalue weighted by molar-refractivity contribution is -0.357. The van der Waals surface area contributed by atoms with Crippen LogP contribution in [0.1, 0.15) is 37.3 Å². The number of rotatable bonds is 2. The Labute approximate surface area is 160 Å². The Balaban J connectivity index is 0.000000447. The zero-order valence-electron chi connectivity index (χ0n) is 15.8. The highest BCUT2D eigenvalue weighted by molar-refractivity contribution is 8.03. The van der Waals surface area contributed by atoms with E-state index >= 15 is 0 Å². The maximum atomic E-state index is 5.90. The molecule has 26 heavy (non-hydrogen) atoms. The fourth-order valence-corrected chi connectivity index (χ4v) is 4.01. The first-order valence-corrected chi connectivity index (χ1v) is 10.2. The van der Waals surface area contributed by atoms with Crippen LogP contribution < -0.4 is 4.98 Å². The van der Waals surface area contributed by atoms with Crippen LogP contribution in [0.4, 0.5) is 0 Å². The summed E-state index contributed by atoms with van der Waals surface area (Å²) in [5.41, 5.74) is 4.70. The maximum Gasteiger partial charge on any atom is 0.372 e. The number of benzene rings is 1. The van der Waals surface area contributed by atoms with Gasteiger partial charge >= 0.3 is 5.89 Å². The monoisotopic (exact) mass is 367 g/mol. The van der Waals surface area contributed by atoms with Crippen LogP contribution in [0.3, 0.4) is 0 Å². The van der Waals surface area contributed by atoms with Crippen molar-refractivity contribution in [1.29, 1.82) is 0 Å². The number of nitrogens with one attached hydrogen (secondary N) is 1. The van der Waals surface area contributed by atoms with E-state index in [-0.39, 0.29) is 0 Å². The maximum absolute atomic E-state index is 5.90. The van der Waals surface area contributed by atoms with E-state index in [1.54, 1.807) is 0 Å². The van der Waals surface area contributed by atoms with Gasteiger partial charge in [-0.25, -0.2) is 0 Å². The molecule has 1 aromatic heterocycles. The third-order valence-electron chi connectivity index (χ3n) is 4.50. The first kappa shape index (κ1) is 18.6. The van der Waals surface area contributed by atoms with Crippen molar-refractivity contribution in [2.24, 2.45) is 0 Å². The summed E-state index contributed by atoms with van der Waals surface area (Å²) in [6, 6.07) is 4.25. The Kier molecular flexibility index (Phi) is 6.40. The molecular weight excluding hydrogens is 340 g/mol. The van der Waals surface area contributed by atoms with Gasteiger partial charge in [-0.15, -0.1) is 11.8 Å². The molecule has 1 aliphatic carbocycles. The molecule has 1 aromatic carbocycles. The van der Waals surface area contributed by atoms with Gasteiger partial charge < -0.3 is 9.32 Å². The third-order valence-corrected chi connectivity index (χ3v) is 5.63. The molecule has 2 heterocycles. The molecule has 0 spiro atoms. The minimum absolute atomic E-state index is 0.796. The first-order valence-electron chi connectivity index (χ1n) is 9.16. The molecule has 0 radical (unpaired) electrons. The third kappa shape index (κ3) is 4.31. The van der Waals surface area contributed by atoms with E-state index in [9.17, 15) is 0 Å². The van der Waals surface area contributed by atoms with Crippen LogP contribution in [0.15, 0.2) is 52.0 Å². The molecule has 1 N–H and O–H groups in total. The summed E-state index contributed by atoms with van der Waals surface area (Å²) in [7, 11) is 2.13. The van der Waals surface area contributed by atoms with Crippen molar-refractivity contribution in [2.75, 3.05) is 19.3 Å². The van der Waals surface area contributed by atoms with Gasteiger partial charge in [0.25, 0.3) is 5.52 Å². The summed E-state index contributed by atoms with van der Waals surface area (Å²) >= 11 is 1.90. The molecule has 0 bridgehead atoms. The fourth-order valence-electron chi connectivity index (χ4n) is 2.95. The molecule has 1 fully saturated rings. The molecule has 0 atom stereocenters. The van der Waals surface area contributed by atoms with Gasteiger partial charge in [0.1, 0.15) is 0 Å². The molecule has 1 aliphatic heterocycles. The van der Waals surface area contributed by atoms with E-state index in [2.05, 4.69) is 53.4 Å². The van der Waals surface area contributed by atoms with E-state index in [0.29, 0.717) is 0 Å². The van der Waals surface area contributed by atoms with E-state index in [0.717, 1.165) is 36.4 Å². The minimum atomic E-state index is 0.796. The zero-order valence-corrected chi connectivity index (χ0v) is 16.6. The van der Waals surface area contributed by atoms with E-state index < -0.39 is 0 Å². The second-order valence-electron chi connectivity index (χ2n) is 6.34. The Bertz CT molecular complexity index is 870. The normalized spacial score (nSPS) is 18.1. The van der Waals surface area contributed by atoms with Gasteiger partial charge in [-0.2, -0.15) is 4.98 Å². The number of aromatic amines is 1. The Morgan fingerprint density at radius 1 is 1.23 bits per heavy atom. The number of fused-ring (bicyclic) bond motifs is 3. The largest absolute Gasteiger partial charge is 0.398 e. The minimum Gasteiger partial charge on any atom is -0.398 e. The Hall–Kier alpha value is -2.20. The topological polar surface area (TPSA) is 30.5 Å². The molecule has 0 amide bonds. The van der Waals surface area contributed by atoms with Crippen molar-refractivity contribution in [1.82, 2.24) is 4.90 Å². The van der Waals surface area contributed by atoms with E-state index in [1.165, 1.54) is 21.9 Å². The number of aryl methyl sites for hydroxylation is 1. The quantitative estimate of drug-likeness (QED) is 0.673. The van der Waals surface area contributed by atoms with Crippen molar-refractivity contribution < 1.29 is 9.40 Å². The average molecular weight is 368 g/mol. The molecule has 2 aromatic rings. The number of hydrogen-bond acceptors (Lipinski definition) is 3. The summed E-state index contributed by atoms with van der Waals surface area (Å²) < 4.78 is 5.90. The number of nitrogens with zero attached hydrogens (tertiary/aromatic N) is 1. The average Bonchev–Trinajstić information content (AvgIpc) is 3.28. The molecule has 136 valence electrons. The summed E-state index contributed by atoms with van der Waals surface area (Å²) in [5, 5.41) is 1.31. The molecule has 4 heteroatoms. The summed E-state index contributed by atoms with van der Waals surface area (Å²) in [6.45, 7) is 5.12. The predicted octanol–water partition coefficient (Wildman–Crippen LogP) is 5.32. The van der Waals surface area contributed by atoms with Gasteiger partial charge in [0.15, 0.2) is 0 Å². The summed E-state index contributed by atoms with van der Waals surface area (Å²) in [5.74, 6) is 1.97. The van der Waals surface area contributed by atoms with Crippen LogP contribution in [0.2, 0.25) is 0 Å². The predicted molar refractivity (Wildman–Crippen MR) is 113 cm³/mol. The van der Waals surface area contributed by atoms with Gasteiger partial charge in [0.05, 0.1) is 16.7 Å². The van der Waals surface area contributed by atoms with Crippen LogP contribution in [0, 0.1) is 0 Å². The van der Waals surface area contributed by atoms with Gasteiger partial charge in [-0.3, -0.25) is 0 Å². The van der Waals surface area contributed by atoms with Crippen molar-refractivity contribution in [2.45, 2.75) is 26.7 Å². The zero-order chi connectivity index (χ0) is 18.4. The molecular formula is C22H27N2OS+. The van der Waals surface area contributed by atoms with E-state index in [4.69, 9.17) is 4.42 Å². The number of hydrogen-bond donors (Lipinski definition) is 0. The highest BCUT2D eigenvalue weighted by atomic mass is 32.2. The molecule has 2 aliphatic rings. The lowest BCUT2D eigenvalue weighted by Gasteiger charge is -2.09. The van der Waals surface area contributed by atoms with Gasteiger partial charge in [-0.1, -0.05) is 30.4 Å². The first-order chi connectivity index (χ1) is 12.7.